The highest BCUT2D eigenvalue weighted by atomic mass is 32.1. The lowest BCUT2D eigenvalue weighted by Gasteiger charge is -2.51. The van der Waals surface area contributed by atoms with Crippen LogP contribution in [0.2, 0.25) is 0 Å². The monoisotopic (exact) mass is 296 g/mol. The number of nitrogen functional groups attached to an aromatic ring is 1. The SMILES string of the molecule is CN1CCN(C(=O)c2cnc(N)s2)CC12CCOCC2. The van der Waals surface area contributed by atoms with Gasteiger partial charge in [-0.25, -0.2) is 4.98 Å². The summed E-state index contributed by atoms with van der Waals surface area (Å²) < 4.78 is 5.47. The van der Waals surface area contributed by atoms with Crippen molar-refractivity contribution >= 4 is 22.4 Å². The second-order valence-corrected chi connectivity index (χ2v) is 6.61. The molecule has 2 aliphatic heterocycles. The molecule has 0 aromatic carbocycles. The molecule has 0 saturated carbocycles. The quantitative estimate of drug-likeness (QED) is 0.824. The van der Waals surface area contributed by atoms with Crippen molar-refractivity contribution in [2.75, 3.05) is 45.6 Å². The molecule has 3 rings (SSSR count). The van der Waals surface area contributed by atoms with Crippen molar-refractivity contribution in [1.82, 2.24) is 14.8 Å². The zero-order valence-electron chi connectivity index (χ0n) is 11.7. The minimum atomic E-state index is 0.0539. The summed E-state index contributed by atoms with van der Waals surface area (Å²) >= 11 is 1.26. The third-order valence-electron chi connectivity index (χ3n) is 4.45. The number of likely N-dealkylation sites (N-methyl/N-ethyl adjacent to an activating group) is 1. The van der Waals surface area contributed by atoms with E-state index in [-0.39, 0.29) is 11.4 Å². The van der Waals surface area contributed by atoms with Crippen LogP contribution in [0.3, 0.4) is 0 Å². The number of thiazole rings is 1. The molecule has 0 unspecified atom stereocenters. The second kappa shape index (κ2) is 5.31. The predicted molar refractivity (Wildman–Crippen MR) is 77.8 cm³/mol. The normalized spacial score (nSPS) is 23.1. The van der Waals surface area contributed by atoms with Gasteiger partial charge >= 0.3 is 0 Å². The number of nitrogens with zero attached hydrogens (tertiary/aromatic N) is 3. The Morgan fingerprint density at radius 1 is 1.45 bits per heavy atom. The molecule has 6 nitrogen and oxygen atoms in total. The van der Waals surface area contributed by atoms with Crippen LogP contribution in [0.1, 0.15) is 22.5 Å². The third kappa shape index (κ3) is 2.41. The number of carbonyl (C=O) groups is 1. The Morgan fingerprint density at radius 3 is 2.85 bits per heavy atom. The molecule has 1 spiro atoms. The Morgan fingerprint density at radius 2 is 2.20 bits per heavy atom. The van der Waals surface area contributed by atoms with Crippen molar-refractivity contribution in [3.63, 3.8) is 0 Å². The molecule has 2 N–H and O–H groups in total. The van der Waals surface area contributed by atoms with Gasteiger partial charge in [0.05, 0.1) is 6.20 Å². The number of carbonyl (C=O) groups excluding carboxylic acids is 1. The van der Waals surface area contributed by atoms with Crippen molar-refractivity contribution in [2.45, 2.75) is 18.4 Å². The second-order valence-electron chi connectivity index (χ2n) is 5.55. The molecular formula is C13H20N4O2S. The van der Waals surface area contributed by atoms with Gasteiger partial charge in [0.2, 0.25) is 0 Å². The fourth-order valence-corrected chi connectivity index (χ4v) is 3.72. The molecule has 0 bridgehead atoms. The average molecular weight is 296 g/mol. The summed E-state index contributed by atoms with van der Waals surface area (Å²) in [4.78, 5) is 21.5. The number of rotatable bonds is 1. The maximum atomic E-state index is 12.5. The summed E-state index contributed by atoms with van der Waals surface area (Å²) in [5.41, 5.74) is 5.69. The fraction of sp³-hybridized carbons (Fsp3) is 0.692. The highest BCUT2D eigenvalue weighted by molar-refractivity contribution is 7.17. The van der Waals surface area contributed by atoms with E-state index in [1.54, 1.807) is 6.20 Å². The summed E-state index contributed by atoms with van der Waals surface area (Å²) in [6.07, 6.45) is 3.55. The molecule has 110 valence electrons. The van der Waals surface area contributed by atoms with Gasteiger partial charge in [-0.3, -0.25) is 9.69 Å². The number of hydrogen-bond donors (Lipinski definition) is 1. The number of nitrogens with two attached hydrogens (primary N) is 1. The summed E-state index contributed by atoms with van der Waals surface area (Å²) in [6, 6.07) is 0. The molecule has 2 aliphatic rings. The Hall–Kier alpha value is -1.18. The largest absolute Gasteiger partial charge is 0.381 e. The molecule has 2 fully saturated rings. The zero-order valence-corrected chi connectivity index (χ0v) is 12.5. The maximum absolute atomic E-state index is 12.5. The zero-order chi connectivity index (χ0) is 14.2. The van der Waals surface area contributed by atoms with Crippen LogP contribution in [-0.4, -0.2) is 66.1 Å². The first kappa shape index (κ1) is 13.8. The van der Waals surface area contributed by atoms with E-state index in [1.165, 1.54) is 11.3 Å². The lowest BCUT2D eigenvalue weighted by molar-refractivity contribution is -0.0542. The van der Waals surface area contributed by atoms with Crippen molar-refractivity contribution < 1.29 is 9.53 Å². The van der Waals surface area contributed by atoms with Gasteiger partial charge in [0.15, 0.2) is 5.13 Å². The predicted octanol–water partition coefficient (Wildman–Crippen LogP) is 0.662. The van der Waals surface area contributed by atoms with Gasteiger partial charge in [0, 0.05) is 38.4 Å². The highest BCUT2D eigenvalue weighted by Crippen LogP contribution is 2.31. The number of ether oxygens (including phenoxy) is 1. The summed E-state index contributed by atoms with van der Waals surface area (Å²) in [6.45, 7) is 3.99. The van der Waals surface area contributed by atoms with E-state index in [9.17, 15) is 4.79 Å². The molecule has 0 radical (unpaired) electrons. The first-order chi connectivity index (χ1) is 9.61. The van der Waals surface area contributed by atoms with Crippen LogP contribution in [0.15, 0.2) is 6.20 Å². The van der Waals surface area contributed by atoms with Crippen LogP contribution in [0, 0.1) is 0 Å². The number of amides is 1. The van der Waals surface area contributed by atoms with E-state index in [2.05, 4.69) is 16.9 Å². The van der Waals surface area contributed by atoms with E-state index >= 15 is 0 Å². The minimum absolute atomic E-state index is 0.0539. The molecule has 7 heteroatoms. The number of piperazine rings is 1. The van der Waals surface area contributed by atoms with Gasteiger partial charge < -0.3 is 15.4 Å². The molecule has 3 heterocycles. The molecule has 0 atom stereocenters. The summed E-state index contributed by atoms with van der Waals surface area (Å²) in [7, 11) is 2.15. The van der Waals surface area contributed by atoms with E-state index in [4.69, 9.17) is 10.5 Å². The summed E-state index contributed by atoms with van der Waals surface area (Å²) in [5, 5.41) is 0.447. The first-order valence-corrected chi connectivity index (χ1v) is 7.72. The standard InChI is InChI=1S/C13H20N4O2S/c1-16-4-5-17(9-13(16)2-6-19-7-3-13)11(18)10-8-15-12(14)20-10/h8H,2-7,9H2,1H3,(H2,14,15). The third-order valence-corrected chi connectivity index (χ3v) is 5.26. The van der Waals surface area contributed by atoms with Crippen LogP contribution in [0.4, 0.5) is 5.13 Å². The van der Waals surface area contributed by atoms with Crippen LogP contribution < -0.4 is 5.73 Å². The number of aromatic nitrogens is 1. The van der Waals surface area contributed by atoms with Gasteiger partial charge in [-0.1, -0.05) is 11.3 Å². The van der Waals surface area contributed by atoms with Crippen LogP contribution in [0.5, 0.6) is 0 Å². The van der Waals surface area contributed by atoms with E-state index in [1.807, 2.05) is 4.90 Å². The van der Waals surface area contributed by atoms with Crippen LogP contribution in [-0.2, 0) is 4.74 Å². The number of anilines is 1. The van der Waals surface area contributed by atoms with Gasteiger partial charge in [0.1, 0.15) is 4.88 Å². The van der Waals surface area contributed by atoms with Gasteiger partial charge in [-0.05, 0) is 19.9 Å². The molecule has 1 amide bonds. The topological polar surface area (TPSA) is 71.7 Å². The Balaban J connectivity index is 1.76. The van der Waals surface area contributed by atoms with Crippen molar-refractivity contribution in [3.05, 3.63) is 11.1 Å². The average Bonchev–Trinajstić information content (AvgIpc) is 2.89. The molecule has 1 aromatic heterocycles. The lowest BCUT2D eigenvalue weighted by atomic mass is 9.86. The minimum Gasteiger partial charge on any atom is -0.381 e. The Kier molecular flexibility index (Phi) is 3.66. The molecule has 2 saturated heterocycles. The fourth-order valence-electron chi connectivity index (χ4n) is 3.07. The van der Waals surface area contributed by atoms with Crippen LogP contribution in [0.25, 0.3) is 0 Å². The van der Waals surface area contributed by atoms with Crippen LogP contribution >= 0.6 is 11.3 Å². The lowest BCUT2D eigenvalue weighted by Crippen LogP contribution is -2.63. The Labute approximate surface area is 122 Å². The maximum Gasteiger partial charge on any atom is 0.265 e. The highest BCUT2D eigenvalue weighted by Gasteiger charge is 2.42. The number of hydrogen-bond acceptors (Lipinski definition) is 6. The van der Waals surface area contributed by atoms with Crippen molar-refractivity contribution in [1.29, 1.82) is 0 Å². The van der Waals surface area contributed by atoms with Gasteiger partial charge in [-0.2, -0.15) is 0 Å². The van der Waals surface area contributed by atoms with E-state index in [0.717, 1.165) is 45.7 Å². The first-order valence-electron chi connectivity index (χ1n) is 6.90. The molecule has 20 heavy (non-hydrogen) atoms. The Bertz CT molecular complexity index is 498. The van der Waals surface area contributed by atoms with Crippen molar-refractivity contribution in [3.8, 4) is 0 Å². The van der Waals surface area contributed by atoms with E-state index in [0.29, 0.717) is 10.0 Å². The van der Waals surface area contributed by atoms with Gasteiger partial charge in [0.25, 0.3) is 5.91 Å². The smallest absolute Gasteiger partial charge is 0.265 e. The molecular weight excluding hydrogens is 276 g/mol. The van der Waals surface area contributed by atoms with Gasteiger partial charge in [-0.15, -0.1) is 0 Å². The molecule has 0 aliphatic carbocycles. The van der Waals surface area contributed by atoms with Crippen molar-refractivity contribution in [2.24, 2.45) is 0 Å². The summed E-state index contributed by atoms with van der Waals surface area (Å²) in [5.74, 6) is 0.0539. The van der Waals surface area contributed by atoms with E-state index < -0.39 is 0 Å². The molecule has 1 aromatic rings.